The molecular formula is C21H27N5O3. The molecule has 2 aliphatic heterocycles. The predicted octanol–water partition coefficient (Wildman–Crippen LogP) is 2.04. The number of carbonyl (C=O) groups excluding carboxylic acids is 1. The maximum absolute atomic E-state index is 12.8. The topological polar surface area (TPSA) is 79.8 Å². The Morgan fingerprint density at radius 3 is 2.69 bits per heavy atom. The van der Waals surface area contributed by atoms with Crippen LogP contribution in [-0.4, -0.2) is 73.5 Å². The number of anilines is 2. The Bertz CT molecular complexity index is 815. The van der Waals surface area contributed by atoms with Crippen LogP contribution in [0.4, 0.5) is 11.6 Å². The van der Waals surface area contributed by atoms with Gasteiger partial charge in [0, 0.05) is 39.3 Å². The smallest absolute Gasteiger partial charge is 0.257 e. The average Bonchev–Trinajstić information content (AvgIpc) is 3.31. The van der Waals surface area contributed by atoms with Gasteiger partial charge in [-0.3, -0.25) is 4.79 Å². The molecule has 8 heteroatoms. The molecule has 0 saturated carbocycles. The van der Waals surface area contributed by atoms with Gasteiger partial charge in [-0.2, -0.15) is 0 Å². The van der Waals surface area contributed by atoms with Crippen molar-refractivity contribution in [3.63, 3.8) is 0 Å². The molecule has 0 bridgehead atoms. The lowest BCUT2D eigenvalue weighted by molar-refractivity contribution is 0.0743. The number of nitrogens with zero attached hydrogens (tertiary/aromatic N) is 4. The van der Waals surface area contributed by atoms with Crippen LogP contribution in [0.5, 0.6) is 5.75 Å². The minimum Gasteiger partial charge on any atom is -0.496 e. The van der Waals surface area contributed by atoms with Crippen LogP contribution in [0.2, 0.25) is 0 Å². The molecule has 2 saturated heterocycles. The third-order valence-corrected chi connectivity index (χ3v) is 5.41. The van der Waals surface area contributed by atoms with Gasteiger partial charge in [0.1, 0.15) is 11.6 Å². The molecule has 8 nitrogen and oxygen atoms in total. The molecule has 29 heavy (non-hydrogen) atoms. The molecule has 154 valence electrons. The summed E-state index contributed by atoms with van der Waals surface area (Å²) in [6, 6.07) is 11.3. The van der Waals surface area contributed by atoms with Crippen LogP contribution in [0.3, 0.4) is 0 Å². The van der Waals surface area contributed by atoms with Gasteiger partial charge in [0.2, 0.25) is 0 Å². The molecule has 0 aliphatic carbocycles. The van der Waals surface area contributed by atoms with Gasteiger partial charge in [-0.1, -0.05) is 12.1 Å². The van der Waals surface area contributed by atoms with E-state index < -0.39 is 0 Å². The molecule has 4 rings (SSSR count). The van der Waals surface area contributed by atoms with E-state index >= 15 is 0 Å². The van der Waals surface area contributed by atoms with E-state index in [0.29, 0.717) is 24.4 Å². The van der Waals surface area contributed by atoms with Crippen molar-refractivity contribution in [2.24, 2.45) is 0 Å². The molecule has 1 aromatic carbocycles. The fraction of sp³-hybridized carbons (Fsp3) is 0.476. The van der Waals surface area contributed by atoms with Crippen LogP contribution in [0.15, 0.2) is 36.4 Å². The summed E-state index contributed by atoms with van der Waals surface area (Å²) in [5.74, 6) is 2.20. The van der Waals surface area contributed by atoms with Crippen LogP contribution in [0, 0.1) is 0 Å². The van der Waals surface area contributed by atoms with E-state index in [2.05, 4.69) is 20.4 Å². The summed E-state index contributed by atoms with van der Waals surface area (Å²) in [7, 11) is 1.59. The van der Waals surface area contributed by atoms with Crippen molar-refractivity contribution in [2.75, 3.05) is 56.7 Å². The Morgan fingerprint density at radius 2 is 2.00 bits per heavy atom. The van der Waals surface area contributed by atoms with Crippen molar-refractivity contribution in [2.45, 2.75) is 18.9 Å². The zero-order chi connectivity index (χ0) is 20.1. The highest BCUT2D eigenvalue weighted by Gasteiger charge is 2.25. The second kappa shape index (κ2) is 9.09. The van der Waals surface area contributed by atoms with E-state index in [-0.39, 0.29) is 12.0 Å². The molecular weight excluding hydrogens is 370 g/mol. The largest absolute Gasteiger partial charge is 0.496 e. The van der Waals surface area contributed by atoms with Crippen molar-refractivity contribution in [1.29, 1.82) is 0 Å². The third kappa shape index (κ3) is 4.59. The number of para-hydroxylation sites is 1. The van der Waals surface area contributed by atoms with E-state index in [1.54, 1.807) is 13.2 Å². The number of aromatic nitrogens is 2. The summed E-state index contributed by atoms with van der Waals surface area (Å²) >= 11 is 0. The number of amides is 1. The van der Waals surface area contributed by atoms with Crippen molar-refractivity contribution in [1.82, 2.24) is 15.1 Å². The summed E-state index contributed by atoms with van der Waals surface area (Å²) in [6.07, 6.45) is 2.49. The lowest BCUT2D eigenvalue weighted by Crippen LogP contribution is -2.49. The molecule has 1 N–H and O–H groups in total. The zero-order valence-electron chi connectivity index (χ0n) is 16.7. The van der Waals surface area contributed by atoms with Crippen molar-refractivity contribution >= 4 is 17.5 Å². The Balaban J connectivity index is 1.30. The van der Waals surface area contributed by atoms with Gasteiger partial charge in [0.15, 0.2) is 5.82 Å². The molecule has 0 unspecified atom stereocenters. The van der Waals surface area contributed by atoms with E-state index in [1.165, 1.54) is 0 Å². The molecule has 1 atom stereocenters. The van der Waals surface area contributed by atoms with Gasteiger partial charge < -0.3 is 24.6 Å². The molecule has 3 heterocycles. The fourth-order valence-electron chi connectivity index (χ4n) is 3.74. The highest BCUT2D eigenvalue weighted by Crippen LogP contribution is 2.21. The first-order chi connectivity index (χ1) is 14.2. The minimum atomic E-state index is 0.00173. The molecule has 2 aromatic rings. The summed E-state index contributed by atoms with van der Waals surface area (Å²) in [5, 5.41) is 11.9. The van der Waals surface area contributed by atoms with Crippen LogP contribution >= 0.6 is 0 Å². The Kier molecular flexibility index (Phi) is 6.09. The van der Waals surface area contributed by atoms with E-state index in [0.717, 1.165) is 50.7 Å². The monoisotopic (exact) mass is 397 g/mol. The summed E-state index contributed by atoms with van der Waals surface area (Å²) in [5.41, 5.74) is 0.602. The number of piperazine rings is 1. The number of rotatable bonds is 6. The highest BCUT2D eigenvalue weighted by atomic mass is 16.5. The first kappa shape index (κ1) is 19.4. The fourth-order valence-corrected chi connectivity index (χ4v) is 3.74. The van der Waals surface area contributed by atoms with Crippen molar-refractivity contribution < 1.29 is 14.3 Å². The summed E-state index contributed by atoms with van der Waals surface area (Å²) < 4.78 is 10.9. The van der Waals surface area contributed by atoms with E-state index in [1.807, 2.05) is 35.2 Å². The normalized spacial score (nSPS) is 19.3. The van der Waals surface area contributed by atoms with Crippen LogP contribution in [-0.2, 0) is 4.74 Å². The number of hydrogen-bond donors (Lipinski definition) is 1. The van der Waals surface area contributed by atoms with Gasteiger partial charge >= 0.3 is 0 Å². The Hall–Kier alpha value is -2.87. The third-order valence-electron chi connectivity index (χ3n) is 5.41. The number of nitrogens with one attached hydrogen (secondary N) is 1. The number of methoxy groups -OCH3 is 1. The quantitative estimate of drug-likeness (QED) is 0.799. The zero-order valence-corrected chi connectivity index (χ0v) is 16.7. The van der Waals surface area contributed by atoms with Gasteiger partial charge in [-0.25, -0.2) is 0 Å². The van der Waals surface area contributed by atoms with Crippen LogP contribution < -0.4 is 15.0 Å². The summed E-state index contributed by atoms with van der Waals surface area (Å²) in [6.45, 7) is 4.33. The molecule has 2 aliphatic rings. The second-order valence-electron chi connectivity index (χ2n) is 7.27. The molecule has 0 radical (unpaired) electrons. The Labute approximate surface area is 170 Å². The lowest BCUT2D eigenvalue weighted by atomic mass is 10.1. The first-order valence-electron chi connectivity index (χ1n) is 10.1. The SMILES string of the molecule is COc1ccccc1C(=O)N1CCN(c2ccc(NC[C@H]3CCCO3)nn2)CC1. The summed E-state index contributed by atoms with van der Waals surface area (Å²) in [4.78, 5) is 16.8. The molecule has 2 fully saturated rings. The van der Waals surface area contributed by atoms with E-state index in [4.69, 9.17) is 9.47 Å². The minimum absolute atomic E-state index is 0.00173. The predicted molar refractivity (Wildman–Crippen MR) is 111 cm³/mol. The van der Waals surface area contributed by atoms with Gasteiger partial charge in [0.25, 0.3) is 5.91 Å². The van der Waals surface area contributed by atoms with Gasteiger partial charge in [0.05, 0.1) is 18.8 Å². The van der Waals surface area contributed by atoms with E-state index in [9.17, 15) is 4.79 Å². The van der Waals surface area contributed by atoms with Gasteiger partial charge in [-0.05, 0) is 37.1 Å². The highest BCUT2D eigenvalue weighted by molar-refractivity contribution is 5.97. The second-order valence-corrected chi connectivity index (χ2v) is 7.27. The van der Waals surface area contributed by atoms with Crippen molar-refractivity contribution in [3.05, 3.63) is 42.0 Å². The molecule has 1 aromatic heterocycles. The molecule has 1 amide bonds. The number of benzene rings is 1. The number of hydrogen-bond acceptors (Lipinski definition) is 7. The first-order valence-corrected chi connectivity index (χ1v) is 10.1. The van der Waals surface area contributed by atoms with Gasteiger partial charge in [-0.15, -0.1) is 10.2 Å². The number of carbonyl (C=O) groups is 1. The average molecular weight is 397 g/mol. The lowest BCUT2D eigenvalue weighted by Gasteiger charge is -2.35. The van der Waals surface area contributed by atoms with Crippen LogP contribution in [0.1, 0.15) is 23.2 Å². The Morgan fingerprint density at radius 1 is 1.17 bits per heavy atom. The van der Waals surface area contributed by atoms with Crippen LogP contribution in [0.25, 0.3) is 0 Å². The van der Waals surface area contributed by atoms with Crippen molar-refractivity contribution in [3.8, 4) is 5.75 Å². The standard InChI is InChI=1S/C21H27N5O3/c1-28-18-7-3-2-6-17(18)21(27)26-12-10-25(11-13-26)20-9-8-19(23-24-20)22-15-16-5-4-14-29-16/h2-3,6-9,16H,4-5,10-15H2,1H3,(H,22,23)/t16-/m1/s1. The number of ether oxygens (including phenoxy) is 2. The molecule has 0 spiro atoms. The maximum Gasteiger partial charge on any atom is 0.257 e. The maximum atomic E-state index is 12.8.